The molecular weight excluding hydrogens is 390 g/mol. The summed E-state index contributed by atoms with van der Waals surface area (Å²) >= 11 is 0. The number of allylic oxidation sites excluding steroid dienone is 2. The van der Waals surface area contributed by atoms with Crippen LogP contribution in [-0.4, -0.2) is 24.5 Å². The van der Waals surface area contributed by atoms with Gasteiger partial charge in [-0.2, -0.15) is 0 Å². The van der Waals surface area contributed by atoms with Gasteiger partial charge in [0.2, 0.25) is 0 Å². The SMILES string of the molecule is C=C1NC2=C(C(=O)CC(C)(C)C2)C(c2ccc(OCC)cc2)C1C(=O)OC1CCCC1. The lowest BCUT2D eigenvalue weighted by Crippen LogP contribution is -2.44. The van der Waals surface area contributed by atoms with Gasteiger partial charge in [-0.1, -0.05) is 32.6 Å². The van der Waals surface area contributed by atoms with Crippen LogP contribution >= 0.6 is 0 Å². The summed E-state index contributed by atoms with van der Waals surface area (Å²) < 4.78 is 11.5. The number of nitrogens with one attached hydrogen (secondary N) is 1. The first kappa shape index (κ1) is 21.7. The fourth-order valence-corrected chi connectivity index (χ4v) is 5.27. The molecule has 5 nitrogen and oxygen atoms in total. The predicted octanol–water partition coefficient (Wildman–Crippen LogP) is 5.03. The molecule has 2 atom stereocenters. The molecule has 1 aromatic rings. The quantitative estimate of drug-likeness (QED) is 0.673. The summed E-state index contributed by atoms with van der Waals surface area (Å²) in [6.07, 6.45) is 5.20. The summed E-state index contributed by atoms with van der Waals surface area (Å²) in [5.74, 6) is -0.426. The molecule has 1 saturated carbocycles. The number of Topliss-reactive ketones (excluding diaryl/α,β-unsaturated/α-hetero) is 1. The number of rotatable bonds is 5. The molecule has 1 aromatic carbocycles. The van der Waals surface area contributed by atoms with E-state index in [-0.39, 0.29) is 23.3 Å². The largest absolute Gasteiger partial charge is 0.494 e. The van der Waals surface area contributed by atoms with Crippen LogP contribution in [0, 0.1) is 11.3 Å². The second kappa shape index (κ2) is 8.52. The number of benzene rings is 1. The van der Waals surface area contributed by atoms with Crippen molar-refractivity contribution < 1.29 is 19.1 Å². The van der Waals surface area contributed by atoms with Crippen molar-refractivity contribution in [2.45, 2.75) is 71.3 Å². The minimum Gasteiger partial charge on any atom is -0.494 e. The number of carbonyl (C=O) groups excluding carboxylic acids is 2. The zero-order valence-corrected chi connectivity index (χ0v) is 18.8. The van der Waals surface area contributed by atoms with E-state index in [1.165, 1.54) is 0 Å². The molecule has 0 bridgehead atoms. The van der Waals surface area contributed by atoms with E-state index >= 15 is 0 Å². The predicted molar refractivity (Wildman–Crippen MR) is 120 cm³/mol. The van der Waals surface area contributed by atoms with Crippen LogP contribution in [0.1, 0.15) is 70.8 Å². The summed E-state index contributed by atoms with van der Waals surface area (Å²) in [4.78, 5) is 26.7. The average Bonchev–Trinajstić information content (AvgIpc) is 3.19. The minimum absolute atomic E-state index is 0.0300. The third kappa shape index (κ3) is 4.41. The Morgan fingerprint density at radius 2 is 1.84 bits per heavy atom. The highest BCUT2D eigenvalue weighted by Gasteiger charge is 2.47. The number of esters is 1. The van der Waals surface area contributed by atoms with Gasteiger partial charge in [0.05, 0.1) is 6.61 Å². The second-order valence-corrected chi connectivity index (χ2v) is 9.78. The molecule has 0 radical (unpaired) electrons. The average molecular weight is 424 g/mol. The highest BCUT2D eigenvalue weighted by molar-refractivity contribution is 6.00. The molecule has 31 heavy (non-hydrogen) atoms. The fraction of sp³-hybridized carbons (Fsp3) is 0.538. The van der Waals surface area contributed by atoms with Gasteiger partial charge in [0, 0.05) is 29.3 Å². The molecule has 1 N–H and O–H groups in total. The molecule has 3 aliphatic rings. The van der Waals surface area contributed by atoms with Crippen molar-refractivity contribution in [2.75, 3.05) is 6.61 Å². The molecule has 5 heteroatoms. The van der Waals surface area contributed by atoms with Crippen LogP contribution in [0.2, 0.25) is 0 Å². The summed E-state index contributed by atoms with van der Waals surface area (Å²) in [5.41, 5.74) is 3.02. The van der Waals surface area contributed by atoms with Crippen molar-refractivity contribution in [3.8, 4) is 5.75 Å². The lowest BCUT2D eigenvalue weighted by Gasteiger charge is -2.42. The number of ether oxygens (including phenoxy) is 2. The Bertz CT molecular complexity index is 906. The zero-order chi connectivity index (χ0) is 22.2. The molecule has 4 rings (SSSR count). The van der Waals surface area contributed by atoms with E-state index in [1.54, 1.807) is 0 Å². The smallest absolute Gasteiger partial charge is 0.316 e. The van der Waals surface area contributed by atoms with E-state index in [2.05, 4.69) is 25.7 Å². The van der Waals surface area contributed by atoms with Crippen molar-refractivity contribution in [3.63, 3.8) is 0 Å². The number of ketones is 1. The van der Waals surface area contributed by atoms with E-state index in [9.17, 15) is 9.59 Å². The first-order valence-electron chi connectivity index (χ1n) is 11.4. The van der Waals surface area contributed by atoms with Crippen molar-refractivity contribution in [3.05, 3.63) is 53.4 Å². The van der Waals surface area contributed by atoms with E-state index in [0.29, 0.717) is 24.3 Å². The van der Waals surface area contributed by atoms with Crippen LogP contribution in [0.4, 0.5) is 0 Å². The minimum atomic E-state index is -0.623. The number of hydrogen-bond acceptors (Lipinski definition) is 5. The molecule has 0 amide bonds. The Balaban J connectivity index is 1.74. The van der Waals surface area contributed by atoms with Crippen molar-refractivity contribution in [1.29, 1.82) is 0 Å². The van der Waals surface area contributed by atoms with Gasteiger partial charge in [-0.25, -0.2) is 0 Å². The van der Waals surface area contributed by atoms with Crippen LogP contribution in [0.3, 0.4) is 0 Å². The summed E-state index contributed by atoms with van der Waals surface area (Å²) in [6.45, 7) is 10.9. The van der Waals surface area contributed by atoms with Gasteiger partial charge < -0.3 is 14.8 Å². The molecule has 0 saturated heterocycles. The Labute approximate surface area is 184 Å². The van der Waals surface area contributed by atoms with E-state index < -0.39 is 11.8 Å². The number of hydrogen-bond donors (Lipinski definition) is 1. The lowest BCUT2D eigenvalue weighted by molar-refractivity contribution is -0.153. The van der Waals surface area contributed by atoms with Crippen molar-refractivity contribution in [2.24, 2.45) is 11.3 Å². The standard InChI is InChI=1S/C26H33NO4/c1-5-30-18-12-10-17(11-13-18)23-22(25(29)31-19-8-6-7-9-19)16(2)27-20-14-26(3,4)15-21(28)24(20)23/h10-13,19,22-23,27H,2,5-9,14-15H2,1,3-4H3. The molecule has 166 valence electrons. The maximum atomic E-state index is 13.3. The topological polar surface area (TPSA) is 64.6 Å². The van der Waals surface area contributed by atoms with Gasteiger partial charge in [-0.3, -0.25) is 9.59 Å². The molecule has 1 aliphatic heterocycles. The maximum absolute atomic E-state index is 13.3. The van der Waals surface area contributed by atoms with Crippen molar-refractivity contribution >= 4 is 11.8 Å². The molecule has 1 heterocycles. The van der Waals surface area contributed by atoms with Gasteiger partial charge in [0.15, 0.2) is 5.78 Å². The summed E-state index contributed by atoms with van der Waals surface area (Å²) in [6, 6.07) is 7.73. The van der Waals surface area contributed by atoms with E-state index in [4.69, 9.17) is 9.47 Å². The zero-order valence-electron chi connectivity index (χ0n) is 18.8. The molecule has 0 spiro atoms. The highest BCUT2D eigenvalue weighted by atomic mass is 16.5. The molecule has 2 aliphatic carbocycles. The lowest BCUT2D eigenvalue weighted by atomic mass is 9.66. The van der Waals surface area contributed by atoms with Crippen LogP contribution in [0.15, 0.2) is 47.8 Å². The van der Waals surface area contributed by atoms with Gasteiger partial charge in [0.1, 0.15) is 17.8 Å². The third-order valence-electron chi connectivity index (χ3n) is 6.64. The Morgan fingerprint density at radius 1 is 1.16 bits per heavy atom. The Hall–Kier alpha value is -2.56. The molecule has 1 fully saturated rings. The van der Waals surface area contributed by atoms with Crippen LogP contribution < -0.4 is 10.1 Å². The van der Waals surface area contributed by atoms with Crippen LogP contribution in [0.25, 0.3) is 0 Å². The first-order chi connectivity index (χ1) is 14.8. The summed E-state index contributed by atoms with van der Waals surface area (Å²) in [5, 5.41) is 3.33. The molecular formula is C26H33NO4. The van der Waals surface area contributed by atoms with Gasteiger partial charge in [-0.15, -0.1) is 0 Å². The van der Waals surface area contributed by atoms with Gasteiger partial charge >= 0.3 is 5.97 Å². The van der Waals surface area contributed by atoms with Crippen LogP contribution in [-0.2, 0) is 14.3 Å². The van der Waals surface area contributed by atoms with Crippen LogP contribution in [0.5, 0.6) is 5.75 Å². The highest BCUT2D eigenvalue weighted by Crippen LogP contribution is 2.48. The molecule has 0 aromatic heterocycles. The fourth-order valence-electron chi connectivity index (χ4n) is 5.27. The maximum Gasteiger partial charge on any atom is 0.316 e. The Kier molecular flexibility index (Phi) is 5.96. The van der Waals surface area contributed by atoms with Gasteiger partial charge in [-0.05, 0) is 62.1 Å². The Morgan fingerprint density at radius 3 is 2.48 bits per heavy atom. The third-order valence-corrected chi connectivity index (χ3v) is 6.64. The normalized spacial score (nSPS) is 25.8. The first-order valence-corrected chi connectivity index (χ1v) is 11.4. The second-order valence-electron chi connectivity index (χ2n) is 9.78. The van der Waals surface area contributed by atoms with Gasteiger partial charge in [0.25, 0.3) is 0 Å². The summed E-state index contributed by atoms with van der Waals surface area (Å²) in [7, 11) is 0. The monoisotopic (exact) mass is 423 g/mol. The van der Waals surface area contributed by atoms with Crippen molar-refractivity contribution in [1.82, 2.24) is 5.32 Å². The van der Waals surface area contributed by atoms with E-state index in [1.807, 2.05) is 31.2 Å². The number of carbonyl (C=O) groups is 2. The molecule has 2 unspecified atom stereocenters. The van der Waals surface area contributed by atoms with E-state index in [0.717, 1.165) is 49.1 Å².